The Bertz CT molecular complexity index is 719. The maximum atomic E-state index is 12.6. The van der Waals surface area contributed by atoms with Crippen LogP contribution in [-0.2, 0) is 23.0 Å². The van der Waals surface area contributed by atoms with E-state index >= 15 is 0 Å². The van der Waals surface area contributed by atoms with Crippen molar-refractivity contribution in [1.29, 1.82) is 0 Å². The summed E-state index contributed by atoms with van der Waals surface area (Å²) >= 11 is 0. The lowest BCUT2D eigenvalue weighted by atomic mass is 10.1. The lowest BCUT2D eigenvalue weighted by molar-refractivity contribution is -0.118. The number of carbonyl (C=O) groups is 2. The van der Waals surface area contributed by atoms with Crippen molar-refractivity contribution >= 4 is 17.8 Å². The molecule has 7 nitrogen and oxygen atoms in total. The first-order valence-electron chi connectivity index (χ1n) is 8.07. The van der Waals surface area contributed by atoms with Crippen molar-refractivity contribution in [3.8, 4) is 0 Å². The number of alkyl carbamates (subject to hydrolysis) is 1. The maximum absolute atomic E-state index is 12.6. The second kappa shape index (κ2) is 7.83. The van der Waals surface area contributed by atoms with Crippen LogP contribution in [0, 0.1) is 0 Å². The lowest BCUT2D eigenvalue weighted by Gasteiger charge is -2.23. The van der Waals surface area contributed by atoms with E-state index in [0.717, 1.165) is 5.56 Å². The number of aromatic nitrogens is 2. The highest BCUT2D eigenvalue weighted by molar-refractivity contribution is 5.96. The minimum absolute atomic E-state index is 0.346. The topological polar surface area (TPSA) is 85.2 Å². The molecular weight excluding hydrogens is 320 g/mol. The fraction of sp³-hybridized carbons (Fsp3) is 0.389. The van der Waals surface area contributed by atoms with Crippen LogP contribution in [0.25, 0.3) is 0 Å². The second-order valence-corrected chi connectivity index (χ2v) is 6.75. The van der Waals surface area contributed by atoms with Crippen molar-refractivity contribution in [2.45, 2.75) is 38.8 Å². The van der Waals surface area contributed by atoms with Gasteiger partial charge in [-0.05, 0) is 26.3 Å². The zero-order valence-corrected chi connectivity index (χ0v) is 14.9. The molecule has 1 atom stereocenters. The summed E-state index contributed by atoms with van der Waals surface area (Å²) in [6, 6.07) is 10.4. The largest absolute Gasteiger partial charge is 0.444 e. The zero-order valence-electron chi connectivity index (χ0n) is 14.9. The molecule has 0 bridgehead atoms. The molecule has 1 heterocycles. The van der Waals surface area contributed by atoms with Crippen molar-refractivity contribution in [3.63, 3.8) is 0 Å². The molecule has 1 aromatic heterocycles. The summed E-state index contributed by atoms with van der Waals surface area (Å²) in [5.74, 6) is 0.0740. The molecule has 2 aromatic rings. The summed E-state index contributed by atoms with van der Waals surface area (Å²) < 4.78 is 6.85. The molecule has 0 spiro atoms. The molecule has 0 aliphatic heterocycles. The Morgan fingerprint density at radius 1 is 1.20 bits per heavy atom. The number of nitrogens with one attached hydrogen (secondary N) is 2. The Morgan fingerprint density at radius 2 is 1.88 bits per heavy atom. The summed E-state index contributed by atoms with van der Waals surface area (Å²) in [6.45, 7) is 5.31. The van der Waals surface area contributed by atoms with E-state index in [0.29, 0.717) is 12.2 Å². The van der Waals surface area contributed by atoms with Gasteiger partial charge in [-0.1, -0.05) is 30.3 Å². The van der Waals surface area contributed by atoms with Gasteiger partial charge in [0.1, 0.15) is 11.6 Å². The molecule has 7 heteroatoms. The molecule has 2 amide bonds. The van der Waals surface area contributed by atoms with Gasteiger partial charge in [-0.25, -0.2) is 4.79 Å². The minimum atomic E-state index is -0.778. The average Bonchev–Trinajstić information content (AvgIpc) is 2.91. The van der Waals surface area contributed by atoms with Gasteiger partial charge in [0.2, 0.25) is 5.91 Å². The van der Waals surface area contributed by atoms with E-state index in [4.69, 9.17) is 4.74 Å². The van der Waals surface area contributed by atoms with Crippen LogP contribution < -0.4 is 10.6 Å². The van der Waals surface area contributed by atoms with Gasteiger partial charge in [0.15, 0.2) is 5.82 Å². The first-order valence-corrected chi connectivity index (χ1v) is 8.07. The first kappa shape index (κ1) is 18.5. The number of ether oxygens (including phenoxy) is 1. The Kier molecular flexibility index (Phi) is 5.80. The quantitative estimate of drug-likeness (QED) is 0.873. The van der Waals surface area contributed by atoms with Crippen LogP contribution in [0.4, 0.5) is 10.6 Å². The highest BCUT2D eigenvalue weighted by Crippen LogP contribution is 2.10. The number of anilines is 1. The number of hydrogen-bond donors (Lipinski definition) is 2. The SMILES string of the molecule is Cn1ccc(NC(=O)[C@@H](Cc2ccccc2)NC(=O)OC(C)(C)C)n1. The third-order valence-corrected chi connectivity index (χ3v) is 3.25. The normalized spacial score (nSPS) is 12.3. The zero-order chi connectivity index (χ0) is 18.4. The van der Waals surface area contributed by atoms with Gasteiger partial charge in [-0.15, -0.1) is 0 Å². The Labute approximate surface area is 147 Å². The maximum Gasteiger partial charge on any atom is 0.408 e. The van der Waals surface area contributed by atoms with Gasteiger partial charge in [-0.3, -0.25) is 9.48 Å². The van der Waals surface area contributed by atoms with Crippen molar-refractivity contribution in [3.05, 3.63) is 48.2 Å². The Balaban J connectivity index is 2.10. The van der Waals surface area contributed by atoms with E-state index in [1.165, 1.54) is 0 Å². The summed E-state index contributed by atoms with van der Waals surface area (Å²) in [4.78, 5) is 24.7. The molecule has 0 aliphatic carbocycles. The van der Waals surface area contributed by atoms with E-state index in [9.17, 15) is 9.59 Å². The van der Waals surface area contributed by atoms with Crippen molar-refractivity contribution in [1.82, 2.24) is 15.1 Å². The van der Waals surface area contributed by atoms with Crippen molar-refractivity contribution in [2.24, 2.45) is 7.05 Å². The number of nitrogens with zero attached hydrogens (tertiary/aromatic N) is 2. The van der Waals surface area contributed by atoms with Crippen molar-refractivity contribution in [2.75, 3.05) is 5.32 Å². The van der Waals surface area contributed by atoms with Gasteiger partial charge in [0.05, 0.1) is 0 Å². The molecule has 134 valence electrons. The van der Waals surface area contributed by atoms with Crippen LogP contribution in [0.5, 0.6) is 0 Å². The molecule has 1 aromatic carbocycles. The number of carbonyl (C=O) groups excluding carboxylic acids is 2. The molecule has 2 N–H and O–H groups in total. The van der Waals surface area contributed by atoms with Crippen LogP contribution in [0.2, 0.25) is 0 Å². The lowest BCUT2D eigenvalue weighted by Crippen LogP contribution is -2.47. The highest BCUT2D eigenvalue weighted by Gasteiger charge is 2.25. The average molecular weight is 344 g/mol. The van der Waals surface area contributed by atoms with Gasteiger partial charge < -0.3 is 15.4 Å². The smallest absolute Gasteiger partial charge is 0.408 e. The predicted molar refractivity (Wildman–Crippen MR) is 95.1 cm³/mol. The molecule has 0 unspecified atom stereocenters. The number of benzene rings is 1. The Morgan fingerprint density at radius 3 is 2.44 bits per heavy atom. The summed E-state index contributed by atoms with van der Waals surface area (Å²) in [6.07, 6.45) is 1.44. The van der Waals surface area contributed by atoms with Gasteiger partial charge in [-0.2, -0.15) is 5.10 Å². The van der Waals surface area contributed by atoms with E-state index < -0.39 is 17.7 Å². The second-order valence-electron chi connectivity index (χ2n) is 6.75. The fourth-order valence-corrected chi connectivity index (χ4v) is 2.20. The molecule has 0 radical (unpaired) electrons. The van der Waals surface area contributed by atoms with Crippen molar-refractivity contribution < 1.29 is 14.3 Å². The fourth-order valence-electron chi connectivity index (χ4n) is 2.20. The van der Waals surface area contributed by atoms with Gasteiger partial charge >= 0.3 is 6.09 Å². The molecule has 0 aliphatic rings. The van der Waals surface area contributed by atoms with Crippen LogP contribution in [0.1, 0.15) is 26.3 Å². The molecule has 25 heavy (non-hydrogen) atoms. The van der Waals surface area contributed by atoms with Crippen LogP contribution in [0.3, 0.4) is 0 Å². The molecule has 0 saturated heterocycles. The summed E-state index contributed by atoms with van der Waals surface area (Å²) in [5.41, 5.74) is 0.290. The van der Waals surface area contributed by atoms with E-state index in [1.807, 2.05) is 30.3 Å². The highest BCUT2D eigenvalue weighted by atomic mass is 16.6. The third kappa shape index (κ3) is 6.29. The van der Waals surface area contributed by atoms with Gasteiger partial charge in [0.25, 0.3) is 0 Å². The molecule has 2 rings (SSSR count). The Hall–Kier alpha value is -2.83. The first-order chi connectivity index (χ1) is 11.7. The summed E-state index contributed by atoms with van der Waals surface area (Å²) in [5, 5.41) is 9.47. The monoisotopic (exact) mass is 344 g/mol. The summed E-state index contributed by atoms with van der Waals surface area (Å²) in [7, 11) is 1.76. The van der Waals surface area contributed by atoms with E-state index in [2.05, 4.69) is 15.7 Å². The van der Waals surface area contributed by atoms with Gasteiger partial charge in [0, 0.05) is 25.7 Å². The van der Waals surface area contributed by atoms with E-state index in [-0.39, 0.29) is 5.91 Å². The number of amides is 2. The predicted octanol–water partition coefficient (Wildman–Crippen LogP) is 2.49. The third-order valence-electron chi connectivity index (χ3n) is 3.25. The molecular formula is C18H24N4O3. The number of rotatable bonds is 5. The van der Waals surface area contributed by atoms with Crippen LogP contribution in [-0.4, -0.2) is 33.4 Å². The standard InChI is InChI=1S/C18H24N4O3/c1-18(2,3)25-17(24)19-14(12-13-8-6-5-7-9-13)16(23)20-15-10-11-22(4)21-15/h5-11,14H,12H2,1-4H3,(H,19,24)(H,20,21,23)/t14-/m1/s1. The molecule has 0 fully saturated rings. The van der Waals surface area contributed by atoms with Crippen LogP contribution in [0.15, 0.2) is 42.6 Å². The van der Waals surface area contributed by atoms with E-state index in [1.54, 1.807) is 44.8 Å². The minimum Gasteiger partial charge on any atom is -0.444 e. The van der Waals surface area contributed by atoms with Crippen LogP contribution >= 0.6 is 0 Å². The number of hydrogen-bond acceptors (Lipinski definition) is 4. The molecule has 0 saturated carbocycles. The number of aryl methyl sites for hydroxylation is 1.